The van der Waals surface area contributed by atoms with Crippen molar-refractivity contribution >= 4 is 53.9 Å². The van der Waals surface area contributed by atoms with Gasteiger partial charge < -0.3 is 14.1 Å². The highest BCUT2D eigenvalue weighted by molar-refractivity contribution is 7.13. The van der Waals surface area contributed by atoms with Gasteiger partial charge in [0, 0.05) is 51.3 Å². The molecular formula is C53H51F3N4O2SSi. The van der Waals surface area contributed by atoms with Crippen LogP contribution in [-0.4, -0.2) is 27.6 Å². The molecule has 2 heterocycles. The Morgan fingerprint density at radius 2 is 1.27 bits per heavy atom. The summed E-state index contributed by atoms with van der Waals surface area (Å²) in [5.41, 5.74) is -3.24. The maximum atomic E-state index is 15.4. The van der Waals surface area contributed by atoms with Gasteiger partial charge in [-0.25, -0.2) is 0 Å². The average molecular weight is 893 g/mol. The maximum absolute atomic E-state index is 15.4. The molecule has 0 fully saturated rings. The van der Waals surface area contributed by atoms with Gasteiger partial charge in [0.2, 0.25) is 0 Å². The van der Waals surface area contributed by atoms with E-state index in [1.165, 1.54) is 47.8 Å². The number of thiophene rings is 1. The predicted molar refractivity (Wildman–Crippen MR) is 255 cm³/mol. The quantitative estimate of drug-likeness (QED) is 0.0723. The first-order chi connectivity index (χ1) is 30.8. The third kappa shape index (κ3) is 9.50. The second-order valence-electron chi connectivity index (χ2n) is 16.6. The first-order valence-electron chi connectivity index (χ1n) is 21.4. The van der Waals surface area contributed by atoms with E-state index in [2.05, 4.69) is 106 Å². The molecular weight excluding hydrogens is 842 g/mol. The van der Waals surface area contributed by atoms with Crippen molar-refractivity contribution in [2.75, 3.05) is 18.0 Å². The molecule has 0 saturated carbocycles. The number of benzene rings is 4. The number of rotatable bonds is 16. The molecule has 0 aliphatic carbocycles. The van der Waals surface area contributed by atoms with E-state index < -0.39 is 42.6 Å². The number of anilines is 1. The highest BCUT2D eigenvalue weighted by Crippen LogP contribution is 2.56. The van der Waals surface area contributed by atoms with E-state index >= 15 is 13.2 Å². The van der Waals surface area contributed by atoms with E-state index in [0.29, 0.717) is 4.88 Å². The predicted octanol–water partition coefficient (Wildman–Crippen LogP) is 12.9. The molecule has 0 saturated heterocycles. The van der Waals surface area contributed by atoms with E-state index in [9.17, 15) is 15.8 Å². The standard InChI is InChI=1S/C53H51F3N4O2SSi/c1-6-8-33-60(34-9-7-2)42-27-25-39(49(35-42)62-64(51(3,4)5,45-21-15-11-16-22-45)46-23-17-12-18-24-46)26-28-43-29-30-44(63-43)31-32-48-47(38-59)50(40(36-57)37-58)61-52(48,53(54,55)56)41-19-13-10-14-20-41/h10-32,35H,6-9,33-34H2,1-5H3/b28-26+,32-31+. The van der Waals surface area contributed by atoms with Crippen molar-refractivity contribution in [1.29, 1.82) is 15.8 Å². The number of allylic oxidation sites excluding steroid dienone is 2. The normalized spacial score (nSPS) is 15.5. The smallest absolute Gasteiger partial charge is 0.437 e. The van der Waals surface area contributed by atoms with Gasteiger partial charge in [-0.15, -0.1) is 11.3 Å². The van der Waals surface area contributed by atoms with E-state index in [1.807, 2.05) is 30.4 Å². The number of unbranched alkanes of at least 4 members (excludes halogenated alkanes) is 2. The minimum absolute atomic E-state index is 0.289. The third-order valence-corrected chi connectivity index (χ3v) is 17.3. The van der Waals surface area contributed by atoms with Crippen LogP contribution in [0.2, 0.25) is 5.04 Å². The second kappa shape index (κ2) is 20.3. The lowest BCUT2D eigenvalue weighted by Gasteiger charge is -2.43. The molecule has 6 nitrogen and oxygen atoms in total. The Kier molecular flexibility index (Phi) is 14.9. The zero-order valence-corrected chi connectivity index (χ0v) is 38.6. The van der Waals surface area contributed by atoms with E-state index in [-0.39, 0.29) is 10.6 Å². The fourth-order valence-corrected chi connectivity index (χ4v) is 13.4. The number of ether oxygens (including phenoxy) is 1. The van der Waals surface area contributed by atoms with Gasteiger partial charge in [0.05, 0.1) is 0 Å². The number of halogens is 3. The Morgan fingerprint density at radius 1 is 0.734 bits per heavy atom. The van der Waals surface area contributed by atoms with Gasteiger partial charge in [-0.05, 0) is 70.7 Å². The summed E-state index contributed by atoms with van der Waals surface area (Å²) >= 11 is 1.35. The molecule has 1 aliphatic heterocycles. The molecule has 64 heavy (non-hydrogen) atoms. The number of hydrogen-bond donors (Lipinski definition) is 0. The van der Waals surface area contributed by atoms with Crippen LogP contribution < -0.4 is 19.7 Å². The Morgan fingerprint density at radius 3 is 1.75 bits per heavy atom. The van der Waals surface area contributed by atoms with Crippen LogP contribution in [0.5, 0.6) is 5.75 Å². The lowest BCUT2D eigenvalue weighted by atomic mass is 9.84. The first kappa shape index (κ1) is 46.9. The number of nitrogens with zero attached hydrogens (tertiary/aromatic N) is 4. The lowest BCUT2D eigenvalue weighted by Crippen LogP contribution is -2.68. The summed E-state index contributed by atoms with van der Waals surface area (Å²) in [6.45, 7) is 13.0. The van der Waals surface area contributed by atoms with Crippen LogP contribution in [0.4, 0.5) is 18.9 Å². The average Bonchev–Trinajstić information content (AvgIpc) is 3.90. The number of nitriles is 3. The van der Waals surface area contributed by atoms with Crippen LogP contribution in [0.25, 0.3) is 18.2 Å². The van der Waals surface area contributed by atoms with Crippen molar-refractivity contribution < 1.29 is 22.3 Å². The Bertz CT molecular complexity index is 2600. The summed E-state index contributed by atoms with van der Waals surface area (Å²) in [7, 11) is -3.05. The highest BCUT2D eigenvalue weighted by Gasteiger charge is 2.65. The summed E-state index contributed by atoms with van der Waals surface area (Å²) in [5, 5.41) is 31.5. The highest BCUT2D eigenvalue weighted by atomic mass is 32.1. The summed E-state index contributed by atoms with van der Waals surface area (Å²) in [5.74, 6) is 0.0568. The van der Waals surface area contributed by atoms with Crippen molar-refractivity contribution in [2.45, 2.75) is 77.1 Å². The fraction of sp³-hybridized carbons (Fsp3) is 0.264. The van der Waals surface area contributed by atoms with Gasteiger partial charge in [0.25, 0.3) is 5.60 Å². The van der Waals surface area contributed by atoms with Gasteiger partial charge in [0.1, 0.15) is 29.5 Å². The van der Waals surface area contributed by atoms with Crippen molar-refractivity contribution in [3.8, 4) is 24.0 Å². The zero-order valence-electron chi connectivity index (χ0n) is 36.7. The SMILES string of the molecule is CCCCN(CCCC)c1ccc(/C=C/c2ccc(/C=C/C3=C(C#N)C(=C(C#N)C#N)OC3(c3ccccc3)C(F)(F)F)s2)c(O[Si](c2ccccc2)(c2ccccc2)C(C)(C)C)c1. The molecule has 0 spiro atoms. The molecule has 0 radical (unpaired) electrons. The Balaban J connectivity index is 1.45. The topological polar surface area (TPSA) is 93.1 Å². The van der Waals surface area contributed by atoms with Crippen molar-refractivity contribution in [3.63, 3.8) is 0 Å². The Labute approximate surface area is 380 Å². The van der Waals surface area contributed by atoms with Gasteiger partial charge in [-0.1, -0.05) is 145 Å². The molecule has 0 N–H and O–H groups in total. The summed E-state index contributed by atoms with van der Waals surface area (Å²) in [4.78, 5) is 3.88. The molecule has 4 aromatic carbocycles. The molecule has 11 heteroatoms. The van der Waals surface area contributed by atoms with Crippen LogP contribution in [0.3, 0.4) is 0 Å². The maximum Gasteiger partial charge on any atom is 0.437 e. The molecule has 0 bridgehead atoms. The molecule has 1 aromatic heterocycles. The summed E-state index contributed by atoms with van der Waals surface area (Å²) < 4.78 is 59.3. The van der Waals surface area contributed by atoms with E-state index in [4.69, 9.17) is 9.16 Å². The fourth-order valence-electron chi connectivity index (χ4n) is 8.15. The van der Waals surface area contributed by atoms with Crippen LogP contribution in [0.15, 0.2) is 150 Å². The summed E-state index contributed by atoms with van der Waals surface area (Å²) in [6, 6.07) is 43.0. The van der Waals surface area contributed by atoms with Crippen LogP contribution >= 0.6 is 11.3 Å². The summed E-state index contributed by atoms with van der Waals surface area (Å²) in [6.07, 6.45) is 5.90. The second-order valence-corrected chi connectivity index (χ2v) is 21.9. The van der Waals surface area contributed by atoms with Crippen molar-refractivity contribution in [3.05, 3.63) is 171 Å². The Hall–Kier alpha value is -6.58. The minimum atomic E-state index is -5.08. The van der Waals surface area contributed by atoms with Crippen LogP contribution in [0.1, 0.15) is 81.2 Å². The molecule has 6 rings (SSSR count). The minimum Gasteiger partial charge on any atom is -0.534 e. The molecule has 1 aliphatic rings. The van der Waals surface area contributed by atoms with Gasteiger partial charge in [0.15, 0.2) is 11.3 Å². The van der Waals surface area contributed by atoms with E-state index in [1.54, 1.807) is 30.3 Å². The number of alkyl halides is 3. The lowest BCUT2D eigenvalue weighted by molar-refractivity contribution is -0.249. The van der Waals surface area contributed by atoms with Gasteiger partial charge in [-0.2, -0.15) is 29.0 Å². The molecule has 5 aromatic rings. The molecule has 326 valence electrons. The van der Waals surface area contributed by atoms with Gasteiger partial charge >= 0.3 is 14.5 Å². The molecule has 1 atom stereocenters. The third-order valence-electron chi connectivity index (χ3n) is 11.4. The van der Waals surface area contributed by atoms with Crippen molar-refractivity contribution in [2.24, 2.45) is 0 Å². The molecule has 1 unspecified atom stereocenters. The van der Waals surface area contributed by atoms with Crippen LogP contribution in [-0.2, 0) is 10.3 Å². The largest absolute Gasteiger partial charge is 0.534 e. The van der Waals surface area contributed by atoms with Crippen LogP contribution in [0, 0.1) is 34.0 Å². The van der Waals surface area contributed by atoms with Crippen molar-refractivity contribution in [1.82, 2.24) is 0 Å². The van der Waals surface area contributed by atoms with E-state index in [0.717, 1.165) is 71.0 Å². The number of hydrogen-bond acceptors (Lipinski definition) is 7. The monoisotopic (exact) mass is 892 g/mol. The first-order valence-corrected chi connectivity index (χ1v) is 24.2. The van der Waals surface area contributed by atoms with Gasteiger partial charge in [-0.3, -0.25) is 0 Å². The molecule has 0 amide bonds. The zero-order chi connectivity index (χ0) is 46.0.